The van der Waals surface area contributed by atoms with E-state index in [0.717, 1.165) is 0 Å². The predicted octanol–water partition coefficient (Wildman–Crippen LogP) is -0.515. The van der Waals surface area contributed by atoms with Crippen molar-refractivity contribution in [2.45, 2.75) is 11.3 Å². The van der Waals surface area contributed by atoms with Crippen LogP contribution in [-0.4, -0.2) is 43.4 Å². The number of hydrogen-bond acceptors (Lipinski definition) is 5. The van der Waals surface area contributed by atoms with Gasteiger partial charge >= 0.3 is 0 Å². The maximum absolute atomic E-state index is 12.4. The van der Waals surface area contributed by atoms with Crippen molar-refractivity contribution < 1.29 is 18.3 Å². The van der Waals surface area contributed by atoms with E-state index < -0.39 is 10.0 Å². The molecule has 104 valence electrons. The van der Waals surface area contributed by atoms with Crippen LogP contribution >= 0.6 is 0 Å². The van der Waals surface area contributed by atoms with E-state index in [1.165, 1.54) is 22.5 Å². The minimum Gasteiger partial charge on any atom is -0.506 e. The van der Waals surface area contributed by atoms with Crippen molar-refractivity contribution in [1.82, 2.24) is 9.62 Å². The fourth-order valence-corrected chi connectivity index (χ4v) is 3.31. The summed E-state index contributed by atoms with van der Waals surface area (Å²) in [6.45, 7) is 0.634. The van der Waals surface area contributed by atoms with Gasteiger partial charge in [-0.3, -0.25) is 4.79 Å². The van der Waals surface area contributed by atoms with Crippen molar-refractivity contribution in [3.8, 4) is 5.75 Å². The van der Waals surface area contributed by atoms with Crippen molar-refractivity contribution in [1.29, 1.82) is 0 Å². The van der Waals surface area contributed by atoms with Crippen LogP contribution in [0.5, 0.6) is 5.75 Å². The van der Waals surface area contributed by atoms with E-state index in [2.05, 4.69) is 5.32 Å². The zero-order valence-corrected chi connectivity index (χ0v) is 11.0. The molecular formula is C11H15N3O4S. The lowest BCUT2D eigenvalue weighted by atomic mass is 10.3. The Labute approximate surface area is 111 Å². The van der Waals surface area contributed by atoms with E-state index in [4.69, 9.17) is 5.73 Å². The van der Waals surface area contributed by atoms with Crippen molar-refractivity contribution in [3.63, 3.8) is 0 Å². The molecule has 0 unspecified atom stereocenters. The highest BCUT2D eigenvalue weighted by Gasteiger charge is 2.27. The first-order valence-electron chi connectivity index (χ1n) is 5.76. The minimum atomic E-state index is -3.70. The molecule has 7 nitrogen and oxygen atoms in total. The molecule has 1 fully saturated rings. The zero-order chi connectivity index (χ0) is 14.0. The van der Waals surface area contributed by atoms with Gasteiger partial charge in [0.25, 0.3) is 0 Å². The smallest absolute Gasteiger partial charge is 0.243 e. The van der Waals surface area contributed by atoms with Gasteiger partial charge in [-0.1, -0.05) is 0 Å². The highest BCUT2D eigenvalue weighted by molar-refractivity contribution is 7.89. The maximum Gasteiger partial charge on any atom is 0.243 e. The summed E-state index contributed by atoms with van der Waals surface area (Å²) in [4.78, 5) is 11.2. The predicted molar refractivity (Wildman–Crippen MR) is 68.9 cm³/mol. The van der Waals surface area contributed by atoms with E-state index in [0.29, 0.717) is 0 Å². The van der Waals surface area contributed by atoms with Crippen LogP contribution in [-0.2, 0) is 14.8 Å². The number of aromatic hydroxyl groups is 1. The molecule has 8 heteroatoms. The van der Waals surface area contributed by atoms with Crippen molar-refractivity contribution in [2.24, 2.45) is 0 Å². The number of sulfonamides is 1. The van der Waals surface area contributed by atoms with Gasteiger partial charge in [0.05, 0.1) is 10.6 Å². The second kappa shape index (κ2) is 5.06. The van der Waals surface area contributed by atoms with Gasteiger partial charge in [0, 0.05) is 26.1 Å². The molecule has 1 aliphatic heterocycles. The number of anilines is 1. The Morgan fingerprint density at radius 1 is 1.32 bits per heavy atom. The van der Waals surface area contributed by atoms with Crippen LogP contribution in [0.2, 0.25) is 0 Å². The number of carbonyl (C=O) groups is 1. The number of amides is 1. The van der Waals surface area contributed by atoms with Crippen LogP contribution in [0.1, 0.15) is 6.42 Å². The van der Waals surface area contributed by atoms with Gasteiger partial charge < -0.3 is 16.2 Å². The SMILES string of the molecule is Nc1cc(S(=O)(=O)N2CCNC(=O)CC2)ccc1O. The molecule has 0 aliphatic carbocycles. The molecule has 1 aromatic carbocycles. The molecular weight excluding hydrogens is 270 g/mol. The number of nitrogens with two attached hydrogens (primary N) is 1. The van der Waals surface area contributed by atoms with Gasteiger partial charge in [0.15, 0.2) is 0 Å². The highest BCUT2D eigenvalue weighted by atomic mass is 32.2. The number of rotatable bonds is 2. The Balaban J connectivity index is 2.30. The summed E-state index contributed by atoms with van der Waals surface area (Å²) in [7, 11) is -3.70. The van der Waals surface area contributed by atoms with Gasteiger partial charge in [0.1, 0.15) is 5.75 Å². The highest BCUT2D eigenvalue weighted by Crippen LogP contribution is 2.25. The number of phenols is 1. The maximum atomic E-state index is 12.4. The number of hydrogen-bond donors (Lipinski definition) is 3. The summed E-state index contributed by atoms with van der Waals surface area (Å²) < 4.78 is 26.0. The summed E-state index contributed by atoms with van der Waals surface area (Å²) >= 11 is 0. The molecule has 1 saturated heterocycles. The number of nitrogens with zero attached hydrogens (tertiary/aromatic N) is 1. The number of phenolic OH excluding ortho intramolecular Hbond substituents is 1. The Bertz CT molecular complexity index is 600. The molecule has 0 spiro atoms. The standard InChI is InChI=1S/C11H15N3O4S/c12-9-7-8(1-2-10(9)15)19(17,18)14-5-3-11(16)13-4-6-14/h1-2,7,15H,3-6,12H2,(H,13,16). The Kier molecular flexibility index (Phi) is 3.63. The molecule has 1 amide bonds. The monoisotopic (exact) mass is 285 g/mol. The summed E-state index contributed by atoms with van der Waals surface area (Å²) in [5.74, 6) is -0.324. The van der Waals surface area contributed by atoms with Gasteiger partial charge in [-0.05, 0) is 18.2 Å². The lowest BCUT2D eigenvalue weighted by Gasteiger charge is -2.19. The van der Waals surface area contributed by atoms with Crippen LogP contribution in [0, 0.1) is 0 Å². The fourth-order valence-electron chi connectivity index (χ4n) is 1.83. The van der Waals surface area contributed by atoms with Gasteiger partial charge in [-0.2, -0.15) is 4.31 Å². The summed E-state index contributed by atoms with van der Waals surface area (Å²) in [6.07, 6.45) is 0.132. The lowest BCUT2D eigenvalue weighted by molar-refractivity contribution is -0.120. The van der Waals surface area contributed by atoms with Crippen molar-refractivity contribution in [2.75, 3.05) is 25.4 Å². The Morgan fingerprint density at radius 3 is 2.74 bits per heavy atom. The second-order valence-electron chi connectivity index (χ2n) is 4.22. The molecule has 0 saturated carbocycles. The molecule has 0 bridgehead atoms. The molecule has 1 aromatic rings. The van der Waals surface area contributed by atoms with Crippen molar-refractivity contribution >= 4 is 21.6 Å². The number of nitrogens with one attached hydrogen (secondary N) is 1. The molecule has 4 N–H and O–H groups in total. The van der Waals surface area contributed by atoms with Crippen LogP contribution in [0.4, 0.5) is 5.69 Å². The van der Waals surface area contributed by atoms with E-state index >= 15 is 0 Å². The normalized spacial score (nSPS) is 17.8. The van der Waals surface area contributed by atoms with Crippen LogP contribution in [0.15, 0.2) is 23.1 Å². The second-order valence-corrected chi connectivity index (χ2v) is 6.16. The molecule has 1 aliphatic rings. The third-order valence-corrected chi connectivity index (χ3v) is 4.80. The molecule has 0 aromatic heterocycles. The largest absolute Gasteiger partial charge is 0.506 e. The number of carbonyl (C=O) groups excluding carboxylic acids is 1. The lowest BCUT2D eigenvalue weighted by Crippen LogP contribution is -2.34. The molecule has 19 heavy (non-hydrogen) atoms. The quantitative estimate of drug-likeness (QED) is 0.500. The minimum absolute atomic E-state index is 0.00472. The summed E-state index contributed by atoms with van der Waals surface area (Å²) in [5, 5.41) is 11.9. The third-order valence-electron chi connectivity index (χ3n) is 2.91. The van der Waals surface area contributed by atoms with E-state index in [9.17, 15) is 18.3 Å². The molecule has 2 rings (SSSR count). The Morgan fingerprint density at radius 2 is 2.05 bits per heavy atom. The zero-order valence-electron chi connectivity index (χ0n) is 10.2. The van der Waals surface area contributed by atoms with E-state index in [1.54, 1.807) is 0 Å². The summed E-state index contributed by atoms with van der Waals surface area (Å²) in [6, 6.07) is 3.75. The van der Waals surface area contributed by atoms with Crippen LogP contribution in [0.3, 0.4) is 0 Å². The summed E-state index contributed by atoms with van der Waals surface area (Å²) in [5.41, 5.74) is 5.51. The average Bonchev–Trinajstić information content (AvgIpc) is 2.57. The van der Waals surface area contributed by atoms with Gasteiger partial charge in [0.2, 0.25) is 15.9 Å². The first kappa shape index (κ1) is 13.6. The number of nitrogen functional groups attached to an aromatic ring is 1. The average molecular weight is 285 g/mol. The van der Waals surface area contributed by atoms with E-state index in [1.807, 2.05) is 0 Å². The molecule has 1 heterocycles. The van der Waals surface area contributed by atoms with E-state index in [-0.39, 0.29) is 48.3 Å². The first-order chi connectivity index (χ1) is 8.91. The van der Waals surface area contributed by atoms with Crippen molar-refractivity contribution in [3.05, 3.63) is 18.2 Å². The van der Waals surface area contributed by atoms with Crippen LogP contribution in [0.25, 0.3) is 0 Å². The van der Waals surface area contributed by atoms with Gasteiger partial charge in [-0.25, -0.2) is 8.42 Å². The molecule has 0 radical (unpaired) electrons. The third kappa shape index (κ3) is 2.79. The van der Waals surface area contributed by atoms with Gasteiger partial charge in [-0.15, -0.1) is 0 Å². The fraction of sp³-hybridized carbons (Fsp3) is 0.364. The number of benzene rings is 1. The topological polar surface area (TPSA) is 113 Å². The Hall–Kier alpha value is -1.80. The first-order valence-corrected chi connectivity index (χ1v) is 7.20. The molecule has 0 atom stereocenters. The van der Waals surface area contributed by atoms with Crippen LogP contribution < -0.4 is 11.1 Å².